The molecule has 0 radical (unpaired) electrons. The van der Waals surface area contributed by atoms with Crippen molar-refractivity contribution in [3.8, 4) is 0 Å². The number of likely N-dealkylation sites (tertiary alicyclic amines) is 1. The Morgan fingerprint density at radius 3 is 2.75 bits per heavy atom. The Kier molecular flexibility index (Phi) is 4.48. The van der Waals surface area contributed by atoms with Gasteiger partial charge in [-0.05, 0) is 38.4 Å². The molecule has 1 aromatic heterocycles. The highest BCUT2D eigenvalue weighted by molar-refractivity contribution is 7.89. The van der Waals surface area contributed by atoms with Gasteiger partial charge in [0.25, 0.3) is 10.0 Å². The summed E-state index contributed by atoms with van der Waals surface area (Å²) in [5.41, 5.74) is 0.255. The molecule has 1 fully saturated rings. The van der Waals surface area contributed by atoms with Crippen molar-refractivity contribution in [2.24, 2.45) is 5.41 Å². The van der Waals surface area contributed by atoms with Gasteiger partial charge in [-0.25, -0.2) is 13.1 Å². The molecule has 0 aromatic carbocycles. The van der Waals surface area contributed by atoms with Gasteiger partial charge in [0, 0.05) is 12.1 Å². The third-order valence-corrected chi connectivity index (χ3v) is 5.42. The van der Waals surface area contributed by atoms with Crippen molar-refractivity contribution in [1.82, 2.24) is 19.8 Å². The number of H-pyrrole nitrogens is 1. The van der Waals surface area contributed by atoms with E-state index in [2.05, 4.69) is 33.8 Å². The molecular formula is C12H22N4O3S. The number of aliphatic hydroxyl groups excluding tert-OH is 1. The van der Waals surface area contributed by atoms with Gasteiger partial charge in [-0.1, -0.05) is 6.92 Å². The Morgan fingerprint density at radius 1 is 1.50 bits per heavy atom. The van der Waals surface area contributed by atoms with Gasteiger partial charge in [-0.3, -0.25) is 5.10 Å². The molecule has 114 valence electrons. The summed E-state index contributed by atoms with van der Waals surface area (Å²) in [6.45, 7) is 4.10. The van der Waals surface area contributed by atoms with Crippen LogP contribution >= 0.6 is 0 Å². The summed E-state index contributed by atoms with van der Waals surface area (Å²) in [6.07, 6.45) is 3.25. The third kappa shape index (κ3) is 3.38. The minimum Gasteiger partial charge on any atom is -0.392 e. The van der Waals surface area contributed by atoms with Crippen LogP contribution in [0.5, 0.6) is 0 Å². The second-order valence-corrected chi connectivity index (χ2v) is 7.52. The zero-order chi connectivity index (χ0) is 14.8. The maximum Gasteiger partial charge on any atom is 0.257 e. The lowest BCUT2D eigenvalue weighted by molar-refractivity contribution is 0.143. The molecule has 0 bridgehead atoms. The Labute approximate surface area is 119 Å². The number of hydrogen-bond acceptors (Lipinski definition) is 5. The average molecular weight is 302 g/mol. The summed E-state index contributed by atoms with van der Waals surface area (Å²) in [5, 5.41) is 15.2. The fraction of sp³-hybridized carbons (Fsp3) is 0.750. The number of piperidine rings is 1. The highest BCUT2D eigenvalue weighted by Gasteiger charge is 2.31. The summed E-state index contributed by atoms with van der Waals surface area (Å²) in [5.74, 6) is 0. The molecule has 7 nitrogen and oxygen atoms in total. The first-order valence-electron chi connectivity index (χ1n) is 6.68. The van der Waals surface area contributed by atoms with Crippen molar-refractivity contribution in [3.63, 3.8) is 0 Å². The van der Waals surface area contributed by atoms with Crippen LogP contribution in [-0.4, -0.2) is 55.3 Å². The highest BCUT2D eigenvalue weighted by atomic mass is 32.2. The zero-order valence-corrected chi connectivity index (χ0v) is 12.7. The van der Waals surface area contributed by atoms with Crippen LogP contribution in [0, 0.1) is 5.41 Å². The number of aromatic nitrogens is 2. The molecule has 3 N–H and O–H groups in total. The van der Waals surface area contributed by atoms with E-state index in [0.717, 1.165) is 25.9 Å². The molecule has 1 saturated heterocycles. The molecule has 0 saturated carbocycles. The van der Waals surface area contributed by atoms with E-state index in [9.17, 15) is 8.42 Å². The molecule has 0 amide bonds. The fourth-order valence-corrected chi connectivity index (χ4v) is 3.64. The van der Waals surface area contributed by atoms with Crippen LogP contribution in [0.1, 0.15) is 25.3 Å². The first-order valence-corrected chi connectivity index (χ1v) is 8.16. The summed E-state index contributed by atoms with van der Waals surface area (Å²) in [7, 11) is -1.58. The smallest absolute Gasteiger partial charge is 0.257 e. The summed E-state index contributed by atoms with van der Waals surface area (Å²) in [4.78, 5) is 2.25. The maximum atomic E-state index is 12.2. The lowest BCUT2D eigenvalue weighted by Gasteiger charge is -2.37. The zero-order valence-electron chi connectivity index (χ0n) is 11.9. The number of hydrogen-bond donors (Lipinski definition) is 3. The number of nitrogens with one attached hydrogen (secondary N) is 2. The molecular weight excluding hydrogens is 280 g/mol. The van der Waals surface area contributed by atoms with E-state index in [4.69, 9.17) is 5.11 Å². The fourth-order valence-electron chi connectivity index (χ4n) is 2.32. The van der Waals surface area contributed by atoms with Crippen LogP contribution in [0.2, 0.25) is 0 Å². The minimum atomic E-state index is -3.65. The van der Waals surface area contributed by atoms with Crippen LogP contribution in [0.25, 0.3) is 0 Å². The minimum absolute atomic E-state index is 0.0288. The standard InChI is InChI=1S/C12H22N4O3S/c1-12(3-5-16(2)6-4-12)9-14-20(18,19)11-10(8-17)7-13-15-11/h7,14,17H,3-6,8-9H2,1-2H3,(H,13,15). The van der Waals surface area contributed by atoms with Crippen LogP contribution in [0.15, 0.2) is 11.2 Å². The maximum absolute atomic E-state index is 12.2. The molecule has 1 aromatic rings. The lowest BCUT2D eigenvalue weighted by Crippen LogP contribution is -2.43. The quantitative estimate of drug-likeness (QED) is 0.706. The van der Waals surface area contributed by atoms with E-state index < -0.39 is 10.0 Å². The normalized spacial score (nSPS) is 20.1. The molecule has 2 heterocycles. The molecule has 1 aliphatic rings. The molecule has 0 aliphatic carbocycles. The Hall–Kier alpha value is -0.960. The van der Waals surface area contributed by atoms with Crippen molar-refractivity contribution in [3.05, 3.63) is 11.8 Å². The van der Waals surface area contributed by atoms with E-state index in [1.807, 2.05) is 0 Å². The van der Waals surface area contributed by atoms with Crippen molar-refractivity contribution >= 4 is 10.0 Å². The first kappa shape index (κ1) is 15.4. The van der Waals surface area contributed by atoms with Crippen LogP contribution in [-0.2, 0) is 16.6 Å². The predicted molar refractivity (Wildman–Crippen MR) is 74.5 cm³/mol. The summed E-state index contributed by atoms with van der Waals surface area (Å²) < 4.78 is 27.1. The highest BCUT2D eigenvalue weighted by Crippen LogP contribution is 2.30. The Bertz CT molecular complexity index is 547. The largest absolute Gasteiger partial charge is 0.392 e. The van der Waals surface area contributed by atoms with E-state index >= 15 is 0 Å². The van der Waals surface area contributed by atoms with Crippen molar-refractivity contribution in [2.45, 2.75) is 31.4 Å². The number of sulfonamides is 1. The third-order valence-electron chi connectivity index (χ3n) is 4.00. The van der Waals surface area contributed by atoms with Gasteiger partial charge < -0.3 is 10.0 Å². The first-order chi connectivity index (χ1) is 9.36. The summed E-state index contributed by atoms with van der Waals surface area (Å²) in [6, 6.07) is 0. The van der Waals surface area contributed by atoms with E-state index in [1.165, 1.54) is 6.20 Å². The average Bonchev–Trinajstić information content (AvgIpc) is 2.90. The monoisotopic (exact) mass is 302 g/mol. The number of aromatic amines is 1. The van der Waals surface area contributed by atoms with Gasteiger partial charge in [0.05, 0.1) is 12.8 Å². The van der Waals surface area contributed by atoms with Gasteiger partial charge in [0.1, 0.15) is 0 Å². The Morgan fingerprint density at radius 2 is 2.15 bits per heavy atom. The van der Waals surface area contributed by atoms with Gasteiger partial charge in [-0.15, -0.1) is 0 Å². The predicted octanol–water partition coefficient (Wildman–Crippen LogP) is -0.0878. The second-order valence-electron chi connectivity index (χ2n) is 5.82. The topological polar surface area (TPSA) is 98.3 Å². The van der Waals surface area contributed by atoms with Crippen LogP contribution < -0.4 is 4.72 Å². The number of rotatable bonds is 5. The Balaban J connectivity index is 2.03. The van der Waals surface area contributed by atoms with E-state index in [1.54, 1.807) is 0 Å². The molecule has 2 rings (SSSR count). The van der Waals surface area contributed by atoms with Crippen LogP contribution in [0.4, 0.5) is 0 Å². The van der Waals surface area contributed by atoms with Crippen molar-refractivity contribution in [1.29, 1.82) is 0 Å². The van der Waals surface area contributed by atoms with Gasteiger partial charge in [-0.2, -0.15) is 5.10 Å². The van der Waals surface area contributed by atoms with Crippen LogP contribution in [0.3, 0.4) is 0 Å². The lowest BCUT2D eigenvalue weighted by atomic mass is 9.81. The van der Waals surface area contributed by atoms with Crippen molar-refractivity contribution < 1.29 is 13.5 Å². The number of nitrogens with zero attached hydrogens (tertiary/aromatic N) is 2. The molecule has 8 heteroatoms. The number of aliphatic hydroxyl groups is 1. The van der Waals surface area contributed by atoms with Gasteiger partial charge >= 0.3 is 0 Å². The SMILES string of the molecule is CN1CCC(C)(CNS(=O)(=O)c2[nH]ncc2CO)CC1. The van der Waals surface area contributed by atoms with E-state index in [-0.39, 0.29) is 22.6 Å². The summed E-state index contributed by atoms with van der Waals surface area (Å²) >= 11 is 0. The van der Waals surface area contributed by atoms with Crippen molar-refractivity contribution in [2.75, 3.05) is 26.7 Å². The molecule has 0 unspecified atom stereocenters. The van der Waals surface area contributed by atoms with Gasteiger partial charge in [0.15, 0.2) is 5.03 Å². The van der Waals surface area contributed by atoms with Gasteiger partial charge in [0.2, 0.25) is 0 Å². The molecule has 1 aliphatic heterocycles. The molecule has 0 atom stereocenters. The second kappa shape index (κ2) is 5.80. The molecule has 0 spiro atoms. The molecule has 20 heavy (non-hydrogen) atoms. The van der Waals surface area contributed by atoms with E-state index in [0.29, 0.717) is 6.54 Å².